The van der Waals surface area contributed by atoms with Gasteiger partial charge in [-0.05, 0) is 18.2 Å². The van der Waals surface area contributed by atoms with Crippen molar-refractivity contribution in [3.63, 3.8) is 0 Å². The Morgan fingerprint density at radius 2 is 1.90 bits per heavy atom. The molecule has 11 nitrogen and oxygen atoms in total. The molecule has 0 bridgehead atoms. The van der Waals surface area contributed by atoms with Gasteiger partial charge in [0, 0.05) is 37.0 Å². The zero-order valence-corrected chi connectivity index (χ0v) is 17.8. The second-order valence-corrected chi connectivity index (χ2v) is 8.55. The average molecular weight is 450 g/mol. The summed E-state index contributed by atoms with van der Waals surface area (Å²) in [7, 11) is -2.15. The van der Waals surface area contributed by atoms with Crippen LogP contribution in [0.4, 0.5) is 22.7 Å². The first-order valence-electron chi connectivity index (χ1n) is 9.26. The third kappa shape index (κ3) is 5.61. The minimum absolute atomic E-state index is 0.147. The number of ether oxygens (including phenoxy) is 2. The summed E-state index contributed by atoms with van der Waals surface area (Å²) in [6.07, 6.45) is 1.01. The van der Waals surface area contributed by atoms with Crippen molar-refractivity contribution in [3.05, 3.63) is 52.1 Å². The van der Waals surface area contributed by atoms with Gasteiger partial charge < -0.3 is 19.7 Å². The van der Waals surface area contributed by atoms with Crippen LogP contribution in [0.15, 0.2) is 36.4 Å². The fraction of sp³-hybridized carbons (Fsp3) is 0.316. The summed E-state index contributed by atoms with van der Waals surface area (Å²) in [6.45, 7) is 2.09. The number of methoxy groups -OCH3 is 1. The molecular formula is C19H22N4O7S. The maximum Gasteiger partial charge on any atom is 0.270 e. The molecule has 0 radical (unpaired) electrons. The lowest BCUT2D eigenvalue weighted by atomic mass is 10.1. The van der Waals surface area contributed by atoms with E-state index < -0.39 is 20.9 Å². The Morgan fingerprint density at radius 3 is 2.52 bits per heavy atom. The molecule has 1 heterocycles. The standard InChI is InChI=1S/C19H22N4O7S/c1-29-18-11-13(3-5-16(18)21-31(2,27)28)20-19(24)15-12-14(23(25)26)4-6-17(15)22-7-9-30-10-8-22/h3-6,11-12,21H,7-10H2,1-2H3,(H,20,24). The van der Waals surface area contributed by atoms with E-state index in [9.17, 15) is 23.3 Å². The highest BCUT2D eigenvalue weighted by molar-refractivity contribution is 7.92. The minimum atomic E-state index is -3.52. The van der Waals surface area contributed by atoms with Crippen molar-refractivity contribution in [2.45, 2.75) is 0 Å². The number of carbonyl (C=O) groups is 1. The highest BCUT2D eigenvalue weighted by atomic mass is 32.2. The van der Waals surface area contributed by atoms with Crippen LogP contribution >= 0.6 is 0 Å². The Kier molecular flexibility index (Phi) is 6.61. The molecule has 0 unspecified atom stereocenters. The first kappa shape index (κ1) is 22.3. The fourth-order valence-corrected chi connectivity index (χ4v) is 3.72. The van der Waals surface area contributed by atoms with E-state index in [4.69, 9.17) is 9.47 Å². The van der Waals surface area contributed by atoms with Crippen LogP contribution in [0.2, 0.25) is 0 Å². The van der Waals surface area contributed by atoms with Crippen LogP contribution in [-0.4, -0.2) is 58.9 Å². The number of anilines is 3. The predicted octanol–water partition coefficient (Wildman–Crippen LogP) is 2.06. The maximum absolute atomic E-state index is 13.0. The Morgan fingerprint density at radius 1 is 1.19 bits per heavy atom. The van der Waals surface area contributed by atoms with Crippen molar-refractivity contribution in [2.24, 2.45) is 0 Å². The van der Waals surface area contributed by atoms with Crippen molar-refractivity contribution >= 4 is 38.7 Å². The molecule has 1 aliphatic heterocycles. The van der Waals surface area contributed by atoms with Gasteiger partial charge in [0.05, 0.1) is 48.4 Å². The third-order valence-electron chi connectivity index (χ3n) is 4.54. The van der Waals surface area contributed by atoms with Crippen molar-refractivity contribution in [1.29, 1.82) is 0 Å². The van der Waals surface area contributed by atoms with Crippen LogP contribution < -0.4 is 19.7 Å². The van der Waals surface area contributed by atoms with E-state index >= 15 is 0 Å². The van der Waals surface area contributed by atoms with Gasteiger partial charge in [0.2, 0.25) is 10.0 Å². The first-order valence-corrected chi connectivity index (χ1v) is 11.2. The van der Waals surface area contributed by atoms with E-state index in [1.807, 2.05) is 4.90 Å². The summed E-state index contributed by atoms with van der Waals surface area (Å²) in [4.78, 5) is 25.6. The molecule has 2 N–H and O–H groups in total. The van der Waals surface area contributed by atoms with Gasteiger partial charge >= 0.3 is 0 Å². The van der Waals surface area contributed by atoms with Gasteiger partial charge in [0.25, 0.3) is 11.6 Å². The number of hydrogen-bond donors (Lipinski definition) is 2. The zero-order chi connectivity index (χ0) is 22.6. The lowest BCUT2D eigenvalue weighted by molar-refractivity contribution is -0.384. The molecule has 12 heteroatoms. The quantitative estimate of drug-likeness (QED) is 0.483. The van der Waals surface area contributed by atoms with Crippen LogP contribution in [0.25, 0.3) is 0 Å². The summed E-state index contributed by atoms with van der Waals surface area (Å²) >= 11 is 0. The predicted molar refractivity (Wildman–Crippen MR) is 116 cm³/mol. The Hall–Kier alpha value is -3.38. The van der Waals surface area contributed by atoms with E-state index in [2.05, 4.69) is 10.0 Å². The summed E-state index contributed by atoms with van der Waals surface area (Å²) in [5.41, 5.74) is 1.06. The SMILES string of the molecule is COc1cc(NC(=O)c2cc([N+](=O)[O-])ccc2N2CCOCC2)ccc1NS(C)(=O)=O. The summed E-state index contributed by atoms with van der Waals surface area (Å²) in [5.74, 6) is -0.341. The number of nitro benzene ring substituents is 1. The number of non-ortho nitro benzene ring substituents is 1. The van der Waals surface area contributed by atoms with Crippen LogP contribution in [0.3, 0.4) is 0 Å². The fourth-order valence-electron chi connectivity index (χ4n) is 3.15. The number of morpholine rings is 1. The van der Waals surface area contributed by atoms with E-state index in [0.29, 0.717) is 37.7 Å². The second-order valence-electron chi connectivity index (χ2n) is 6.80. The van der Waals surface area contributed by atoms with Gasteiger partial charge in [-0.15, -0.1) is 0 Å². The molecule has 31 heavy (non-hydrogen) atoms. The molecule has 1 aliphatic rings. The number of hydrogen-bond acceptors (Lipinski definition) is 8. The number of benzene rings is 2. The topological polar surface area (TPSA) is 140 Å². The van der Waals surface area contributed by atoms with Crippen molar-refractivity contribution in [3.8, 4) is 5.75 Å². The second kappa shape index (κ2) is 9.18. The van der Waals surface area contributed by atoms with E-state index in [-0.39, 0.29) is 22.7 Å². The van der Waals surface area contributed by atoms with Crippen LogP contribution in [0.5, 0.6) is 5.75 Å². The maximum atomic E-state index is 13.0. The van der Waals surface area contributed by atoms with Crippen molar-refractivity contribution in [1.82, 2.24) is 0 Å². The number of nitrogens with one attached hydrogen (secondary N) is 2. The van der Waals surface area contributed by atoms with Gasteiger partial charge in [0.1, 0.15) is 5.75 Å². The lowest BCUT2D eigenvalue weighted by Gasteiger charge is -2.30. The molecule has 1 amide bonds. The number of rotatable bonds is 7. The number of nitrogens with zero attached hydrogens (tertiary/aromatic N) is 2. The van der Waals surface area contributed by atoms with Gasteiger partial charge in [-0.25, -0.2) is 8.42 Å². The minimum Gasteiger partial charge on any atom is -0.494 e. The van der Waals surface area contributed by atoms with Crippen LogP contribution in [0, 0.1) is 10.1 Å². The van der Waals surface area contributed by atoms with Crippen LogP contribution in [-0.2, 0) is 14.8 Å². The zero-order valence-electron chi connectivity index (χ0n) is 17.0. The molecule has 0 aromatic heterocycles. The number of amides is 1. The molecule has 2 aromatic carbocycles. The van der Waals surface area contributed by atoms with Crippen molar-refractivity contribution < 1.29 is 27.6 Å². The van der Waals surface area contributed by atoms with Gasteiger partial charge in [0.15, 0.2) is 0 Å². The molecule has 1 fully saturated rings. The van der Waals surface area contributed by atoms with E-state index in [0.717, 1.165) is 6.26 Å². The largest absolute Gasteiger partial charge is 0.494 e. The molecule has 1 saturated heterocycles. The Balaban J connectivity index is 1.91. The van der Waals surface area contributed by atoms with Gasteiger partial charge in [-0.3, -0.25) is 19.6 Å². The van der Waals surface area contributed by atoms with Gasteiger partial charge in [-0.1, -0.05) is 0 Å². The van der Waals surface area contributed by atoms with E-state index in [1.165, 1.54) is 37.4 Å². The Labute approximate surface area is 179 Å². The summed E-state index contributed by atoms with van der Waals surface area (Å²) < 4.78 is 35.8. The highest BCUT2D eigenvalue weighted by Gasteiger charge is 2.22. The smallest absolute Gasteiger partial charge is 0.270 e. The average Bonchev–Trinajstić information content (AvgIpc) is 2.74. The van der Waals surface area contributed by atoms with Gasteiger partial charge in [-0.2, -0.15) is 0 Å². The normalized spacial score (nSPS) is 14.1. The first-order chi connectivity index (χ1) is 14.7. The number of carbonyl (C=O) groups excluding carboxylic acids is 1. The van der Waals surface area contributed by atoms with E-state index in [1.54, 1.807) is 6.07 Å². The molecular weight excluding hydrogens is 428 g/mol. The molecule has 166 valence electrons. The molecule has 0 aliphatic carbocycles. The van der Waals surface area contributed by atoms with Crippen LogP contribution in [0.1, 0.15) is 10.4 Å². The molecule has 2 aromatic rings. The number of nitro groups is 1. The summed E-state index contributed by atoms with van der Waals surface area (Å²) in [6, 6.07) is 8.55. The summed E-state index contributed by atoms with van der Waals surface area (Å²) in [5, 5.41) is 13.9. The third-order valence-corrected chi connectivity index (χ3v) is 5.13. The highest BCUT2D eigenvalue weighted by Crippen LogP contribution is 2.31. The molecule has 0 spiro atoms. The molecule has 0 atom stereocenters. The monoisotopic (exact) mass is 450 g/mol. The Bertz CT molecular complexity index is 1100. The van der Waals surface area contributed by atoms with Crippen molar-refractivity contribution in [2.75, 3.05) is 54.6 Å². The number of sulfonamides is 1. The molecule has 3 rings (SSSR count). The lowest BCUT2D eigenvalue weighted by Crippen LogP contribution is -2.37. The molecule has 0 saturated carbocycles.